The van der Waals surface area contributed by atoms with Crippen LogP contribution < -0.4 is 5.32 Å². The fourth-order valence-electron chi connectivity index (χ4n) is 2.16. The fourth-order valence-corrected chi connectivity index (χ4v) is 2.42. The van der Waals surface area contributed by atoms with E-state index in [1.807, 2.05) is 20.2 Å². The summed E-state index contributed by atoms with van der Waals surface area (Å²) < 4.78 is 1.72. The van der Waals surface area contributed by atoms with Gasteiger partial charge in [-0.15, -0.1) is 0 Å². The molecule has 2 aromatic rings. The molecule has 0 bridgehead atoms. The van der Waals surface area contributed by atoms with E-state index in [2.05, 4.69) is 15.4 Å². The number of aromatic nitrogens is 3. The molecule has 0 radical (unpaired) electrons. The van der Waals surface area contributed by atoms with Gasteiger partial charge in [0.15, 0.2) is 0 Å². The van der Waals surface area contributed by atoms with Crippen LogP contribution >= 0.6 is 11.6 Å². The molecule has 0 fully saturated rings. The molecule has 0 saturated heterocycles. The predicted octanol–water partition coefficient (Wildman–Crippen LogP) is 1.69. The zero-order chi connectivity index (χ0) is 12.9. The summed E-state index contributed by atoms with van der Waals surface area (Å²) in [5, 5.41) is 7.38. The first-order valence-corrected chi connectivity index (χ1v) is 5.92. The van der Waals surface area contributed by atoms with Gasteiger partial charge in [-0.2, -0.15) is 5.10 Å². The summed E-state index contributed by atoms with van der Waals surface area (Å²) in [7, 11) is 1.85. The molecular weight excluding hydrogens is 252 g/mol. The van der Waals surface area contributed by atoms with Crippen molar-refractivity contribution in [3.8, 4) is 11.3 Å². The highest BCUT2D eigenvalue weighted by Crippen LogP contribution is 2.29. The first-order valence-electron chi connectivity index (χ1n) is 5.54. The minimum Gasteiger partial charge on any atom is -0.348 e. The third-order valence-electron chi connectivity index (χ3n) is 3.03. The Labute approximate surface area is 109 Å². The van der Waals surface area contributed by atoms with E-state index in [1.165, 1.54) is 0 Å². The van der Waals surface area contributed by atoms with Gasteiger partial charge in [-0.05, 0) is 13.0 Å². The smallest absolute Gasteiger partial charge is 0.252 e. The minimum atomic E-state index is -0.0999. The van der Waals surface area contributed by atoms with Crippen molar-refractivity contribution in [2.75, 3.05) is 0 Å². The van der Waals surface area contributed by atoms with Crippen LogP contribution in [0.3, 0.4) is 0 Å². The van der Waals surface area contributed by atoms with Gasteiger partial charge in [0.1, 0.15) is 5.15 Å². The number of nitrogens with one attached hydrogen (secondary N) is 1. The van der Waals surface area contributed by atoms with Gasteiger partial charge < -0.3 is 5.32 Å². The van der Waals surface area contributed by atoms with E-state index in [9.17, 15) is 4.79 Å². The SMILES string of the molecule is Cc1nn(C)cc1-c1cc2c(c(Cl)n1)CNC2=O. The van der Waals surface area contributed by atoms with Crippen molar-refractivity contribution in [2.45, 2.75) is 13.5 Å². The number of carbonyl (C=O) groups excluding carboxylic acids is 1. The van der Waals surface area contributed by atoms with Crippen LogP contribution in [0.4, 0.5) is 0 Å². The molecule has 0 saturated carbocycles. The van der Waals surface area contributed by atoms with Crippen molar-refractivity contribution in [3.05, 3.63) is 34.2 Å². The van der Waals surface area contributed by atoms with Crippen LogP contribution in [-0.2, 0) is 13.6 Å². The van der Waals surface area contributed by atoms with Crippen LogP contribution in [0, 0.1) is 6.92 Å². The topological polar surface area (TPSA) is 59.8 Å². The van der Waals surface area contributed by atoms with Crippen LogP contribution in [0.2, 0.25) is 5.15 Å². The third kappa shape index (κ3) is 1.59. The Kier molecular flexibility index (Phi) is 2.38. The highest BCUT2D eigenvalue weighted by atomic mass is 35.5. The lowest BCUT2D eigenvalue weighted by atomic mass is 10.1. The lowest BCUT2D eigenvalue weighted by Crippen LogP contribution is -2.12. The Morgan fingerprint density at radius 2 is 2.22 bits per heavy atom. The third-order valence-corrected chi connectivity index (χ3v) is 3.35. The molecule has 0 spiro atoms. The number of halogens is 1. The molecule has 92 valence electrons. The number of carbonyl (C=O) groups is 1. The molecule has 5 nitrogen and oxygen atoms in total. The maximum absolute atomic E-state index is 11.7. The normalized spacial score (nSPS) is 13.6. The quantitative estimate of drug-likeness (QED) is 0.796. The van der Waals surface area contributed by atoms with Crippen LogP contribution in [0.25, 0.3) is 11.3 Å². The first kappa shape index (κ1) is 11.2. The molecule has 1 N–H and O–H groups in total. The monoisotopic (exact) mass is 262 g/mol. The van der Waals surface area contributed by atoms with Crippen LogP contribution in [0.15, 0.2) is 12.3 Å². The van der Waals surface area contributed by atoms with Gasteiger partial charge in [-0.3, -0.25) is 9.48 Å². The van der Waals surface area contributed by atoms with Gasteiger partial charge >= 0.3 is 0 Å². The molecule has 0 unspecified atom stereocenters. The van der Waals surface area contributed by atoms with Gasteiger partial charge in [0.25, 0.3) is 5.91 Å². The second-order valence-electron chi connectivity index (χ2n) is 4.31. The number of amides is 1. The summed E-state index contributed by atoms with van der Waals surface area (Å²) in [5.74, 6) is -0.0999. The Bertz CT molecular complexity index is 662. The molecule has 1 amide bonds. The number of nitrogens with zero attached hydrogens (tertiary/aromatic N) is 3. The van der Waals surface area contributed by atoms with E-state index in [1.54, 1.807) is 10.7 Å². The average Bonchev–Trinajstić information content (AvgIpc) is 2.83. The summed E-state index contributed by atoms with van der Waals surface area (Å²) >= 11 is 6.12. The summed E-state index contributed by atoms with van der Waals surface area (Å²) in [6.07, 6.45) is 1.87. The van der Waals surface area contributed by atoms with Gasteiger partial charge in [-0.25, -0.2) is 4.98 Å². The van der Waals surface area contributed by atoms with Crippen molar-refractivity contribution in [3.63, 3.8) is 0 Å². The van der Waals surface area contributed by atoms with Crippen molar-refractivity contribution >= 4 is 17.5 Å². The standard InChI is InChI=1S/C12H11ClN4O/c1-6-9(5-17(2)16-6)10-3-7-8(11(13)15-10)4-14-12(7)18/h3,5H,4H2,1-2H3,(H,14,18). The molecule has 0 aromatic carbocycles. The molecule has 18 heavy (non-hydrogen) atoms. The molecule has 0 aliphatic carbocycles. The van der Waals surface area contributed by atoms with Crippen LogP contribution in [0.1, 0.15) is 21.6 Å². The highest BCUT2D eigenvalue weighted by Gasteiger charge is 2.24. The van der Waals surface area contributed by atoms with Crippen LogP contribution in [0.5, 0.6) is 0 Å². The second kappa shape index (κ2) is 3.81. The van der Waals surface area contributed by atoms with Gasteiger partial charge in [0, 0.05) is 36.5 Å². The zero-order valence-corrected chi connectivity index (χ0v) is 10.7. The highest BCUT2D eigenvalue weighted by molar-refractivity contribution is 6.31. The fraction of sp³-hybridized carbons (Fsp3) is 0.250. The molecule has 1 aliphatic rings. The second-order valence-corrected chi connectivity index (χ2v) is 4.67. The van der Waals surface area contributed by atoms with E-state index in [4.69, 9.17) is 11.6 Å². The lowest BCUT2D eigenvalue weighted by Gasteiger charge is -2.03. The van der Waals surface area contributed by atoms with E-state index >= 15 is 0 Å². The number of rotatable bonds is 1. The Morgan fingerprint density at radius 3 is 2.89 bits per heavy atom. The molecule has 0 atom stereocenters. The number of hydrogen-bond donors (Lipinski definition) is 1. The summed E-state index contributed by atoms with van der Waals surface area (Å²) in [5.41, 5.74) is 3.81. The van der Waals surface area contributed by atoms with E-state index in [-0.39, 0.29) is 5.91 Å². The first-order chi connectivity index (χ1) is 8.56. The van der Waals surface area contributed by atoms with Gasteiger partial charge in [-0.1, -0.05) is 11.6 Å². The Balaban J connectivity index is 2.20. The van der Waals surface area contributed by atoms with Crippen molar-refractivity contribution in [1.82, 2.24) is 20.1 Å². The molecule has 6 heteroatoms. The number of pyridine rings is 1. The number of fused-ring (bicyclic) bond motifs is 1. The van der Waals surface area contributed by atoms with Crippen LogP contribution in [-0.4, -0.2) is 20.7 Å². The zero-order valence-electron chi connectivity index (χ0n) is 9.99. The maximum Gasteiger partial charge on any atom is 0.252 e. The molecule has 3 rings (SSSR count). The largest absolute Gasteiger partial charge is 0.348 e. The lowest BCUT2D eigenvalue weighted by molar-refractivity contribution is 0.0966. The van der Waals surface area contributed by atoms with Crippen molar-refractivity contribution in [1.29, 1.82) is 0 Å². The predicted molar refractivity (Wildman–Crippen MR) is 67.4 cm³/mol. The minimum absolute atomic E-state index is 0.0999. The molecular formula is C12H11ClN4O. The van der Waals surface area contributed by atoms with Crippen molar-refractivity contribution in [2.24, 2.45) is 7.05 Å². The maximum atomic E-state index is 11.7. The van der Waals surface area contributed by atoms with Crippen molar-refractivity contribution < 1.29 is 4.79 Å². The summed E-state index contributed by atoms with van der Waals surface area (Å²) in [4.78, 5) is 16.0. The molecule has 3 heterocycles. The number of aryl methyl sites for hydroxylation is 2. The van der Waals surface area contributed by atoms with Gasteiger partial charge in [0.05, 0.1) is 11.4 Å². The summed E-state index contributed by atoms with van der Waals surface area (Å²) in [6, 6.07) is 1.77. The van der Waals surface area contributed by atoms with E-state index < -0.39 is 0 Å². The Morgan fingerprint density at radius 1 is 1.44 bits per heavy atom. The Hall–Kier alpha value is -1.88. The summed E-state index contributed by atoms with van der Waals surface area (Å²) in [6.45, 7) is 2.35. The van der Waals surface area contributed by atoms with E-state index in [0.717, 1.165) is 16.8 Å². The van der Waals surface area contributed by atoms with E-state index in [0.29, 0.717) is 23.0 Å². The number of hydrogen-bond acceptors (Lipinski definition) is 3. The molecule has 2 aromatic heterocycles. The van der Waals surface area contributed by atoms with Gasteiger partial charge in [0.2, 0.25) is 0 Å². The molecule has 1 aliphatic heterocycles. The average molecular weight is 263 g/mol.